The largest absolute Gasteiger partial charge is 0.321 e. The number of nitrogens with one attached hydrogen (secondary N) is 2. The van der Waals surface area contributed by atoms with E-state index in [1.54, 1.807) is 48.5 Å². The van der Waals surface area contributed by atoms with Crippen molar-refractivity contribution in [3.63, 3.8) is 0 Å². The number of benzene rings is 3. The van der Waals surface area contributed by atoms with Crippen molar-refractivity contribution in [1.29, 1.82) is 0 Å². The van der Waals surface area contributed by atoms with Crippen molar-refractivity contribution in [3.05, 3.63) is 103 Å². The first kappa shape index (κ1) is 20.3. The molecule has 0 aliphatic carbocycles. The van der Waals surface area contributed by atoms with Gasteiger partial charge in [-0.1, -0.05) is 24.3 Å². The molecule has 1 amide bonds. The molecule has 0 spiro atoms. The second-order valence-electron chi connectivity index (χ2n) is 6.68. The number of para-hydroxylation sites is 2. The number of aromatic nitrogens is 2. The first-order valence-electron chi connectivity index (χ1n) is 9.17. The highest BCUT2D eigenvalue weighted by atomic mass is 16.6. The van der Waals surface area contributed by atoms with Crippen LogP contribution in [-0.2, 0) is 0 Å². The predicted octanol–water partition coefficient (Wildman–Crippen LogP) is 3.66. The minimum Gasteiger partial charge on any atom is -0.321 e. The van der Waals surface area contributed by atoms with Gasteiger partial charge in [-0.3, -0.25) is 29.8 Å². The maximum absolute atomic E-state index is 12.8. The summed E-state index contributed by atoms with van der Waals surface area (Å²) in [6.45, 7) is 0. The summed E-state index contributed by atoms with van der Waals surface area (Å²) in [5, 5.41) is 25.2. The number of hydrogen-bond donors (Lipinski definition) is 2. The van der Waals surface area contributed by atoms with Crippen LogP contribution in [0.3, 0.4) is 0 Å². The van der Waals surface area contributed by atoms with E-state index in [2.05, 4.69) is 15.3 Å². The highest BCUT2D eigenvalue weighted by Crippen LogP contribution is 2.27. The number of H-pyrrole nitrogens is 1. The Balaban J connectivity index is 1.75. The van der Waals surface area contributed by atoms with E-state index in [0.717, 1.165) is 18.2 Å². The lowest BCUT2D eigenvalue weighted by Gasteiger charge is -2.11. The average molecular weight is 431 g/mol. The zero-order valence-electron chi connectivity index (χ0n) is 16.1. The molecule has 4 rings (SSSR count). The molecule has 0 bridgehead atoms. The number of carbonyl (C=O) groups is 1. The molecule has 0 saturated heterocycles. The van der Waals surface area contributed by atoms with Crippen molar-refractivity contribution in [3.8, 4) is 11.4 Å². The molecular formula is C21H13N5O6. The fourth-order valence-corrected chi connectivity index (χ4v) is 3.14. The lowest BCUT2D eigenvalue weighted by molar-refractivity contribution is -0.394. The van der Waals surface area contributed by atoms with Crippen molar-refractivity contribution in [2.24, 2.45) is 0 Å². The van der Waals surface area contributed by atoms with Gasteiger partial charge in [-0.2, -0.15) is 0 Å². The first-order valence-corrected chi connectivity index (χ1v) is 9.17. The van der Waals surface area contributed by atoms with Gasteiger partial charge in [-0.05, 0) is 24.3 Å². The Hall–Kier alpha value is -4.93. The molecule has 0 atom stereocenters. The van der Waals surface area contributed by atoms with E-state index in [9.17, 15) is 29.8 Å². The fraction of sp³-hybridized carbons (Fsp3) is 0. The quantitative estimate of drug-likeness (QED) is 0.360. The Morgan fingerprint density at radius 1 is 0.906 bits per heavy atom. The molecule has 158 valence electrons. The van der Waals surface area contributed by atoms with Gasteiger partial charge in [0.25, 0.3) is 22.8 Å². The normalized spacial score (nSPS) is 10.6. The van der Waals surface area contributed by atoms with E-state index < -0.39 is 27.1 Å². The third-order valence-corrected chi connectivity index (χ3v) is 4.63. The van der Waals surface area contributed by atoms with E-state index in [4.69, 9.17) is 0 Å². The number of anilines is 1. The van der Waals surface area contributed by atoms with Crippen molar-refractivity contribution in [1.82, 2.24) is 9.97 Å². The van der Waals surface area contributed by atoms with Crippen LogP contribution in [0.25, 0.3) is 22.3 Å². The smallest absolute Gasteiger partial charge is 0.277 e. The van der Waals surface area contributed by atoms with E-state index >= 15 is 0 Å². The van der Waals surface area contributed by atoms with Gasteiger partial charge >= 0.3 is 0 Å². The van der Waals surface area contributed by atoms with Gasteiger partial charge in [0, 0.05) is 17.7 Å². The summed E-state index contributed by atoms with van der Waals surface area (Å²) < 4.78 is 0. The second kappa shape index (κ2) is 8.07. The predicted molar refractivity (Wildman–Crippen MR) is 116 cm³/mol. The van der Waals surface area contributed by atoms with E-state index in [1.165, 1.54) is 0 Å². The highest BCUT2D eigenvalue weighted by molar-refractivity contribution is 6.06. The summed E-state index contributed by atoms with van der Waals surface area (Å²) in [4.78, 5) is 52.9. The SMILES string of the molecule is O=C(Nc1ccccc1-c1nc2ccccc2c(=O)[nH]1)c1cc([N+](=O)[O-])cc([N+](=O)[O-])c1. The summed E-state index contributed by atoms with van der Waals surface area (Å²) in [6, 6.07) is 15.9. The second-order valence-corrected chi connectivity index (χ2v) is 6.68. The lowest BCUT2D eigenvalue weighted by Crippen LogP contribution is -2.15. The Morgan fingerprint density at radius 3 is 2.22 bits per heavy atom. The molecule has 1 aromatic heterocycles. The van der Waals surface area contributed by atoms with Crippen LogP contribution in [0.4, 0.5) is 17.1 Å². The number of amides is 1. The molecule has 11 nitrogen and oxygen atoms in total. The Kier molecular flexibility index (Phi) is 5.13. The summed E-state index contributed by atoms with van der Waals surface area (Å²) in [5.41, 5.74) is -0.687. The van der Waals surface area contributed by atoms with Crippen LogP contribution in [-0.4, -0.2) is 25.7 Å². The zero-order valence-corrected chi connectivity index (χ0v) is 16.1. The summed E-state index contributed by atoms with van der Waals surface area (Å²) in [6.07, 6.45) is 0. The van der Waals surface area contributed by atoms with Crippen LogP contribution in [0.5, 0.6) is 0 Å². The summed E-state index contributed by atoms with van der Waals surface area (Å²) in [7, 11) is 0. The molecule has 0 aliphatic rings. The number of fused-ring (bicyclic) bond motifs is 1. The summed E-state index contributed by atoms with van der Waals surface area (Å²) in [5.74, 6) is -0.595. The number of aromatic amines is 1. The van der Waals surface area contributed by atoms with Gasteiger partial charge in [-0.25, -0.2) is 4.98 Å². The number of non-ortho nitro benzene ring substituents is 2. The Bertz CT molecular complexity index is 1430. The summed E-state index contributed by atoms with van der Waals surface area (Å²) >= 11 is 0. The molecule has 0 saturated carbocycles. The highest BCUT2D eigenvalue weighted by Gasteiger charge is 2.21. The average Bonchev–Trinajstić information content (AvgIpc) is 2.79. The van der Waals surface area contributed by atoms with E-state index in [1.807, 2.05) is 0 Å². The molecule has 1 heterocycles. The van der Waals surface area contributed by atoms with Crippen molar-refractivity contribution >= 4 is 33.9 Å². The number of nitro benzene ring substituents is 2. The minimum atomic E-state index is -0.818. The Morgan fingerprint density at radius 2 is 1.53 bits per heavy atom. The monoisotopic (exact) mass is 431 g/mol. The van der Waals surface area contributed by atoms with Crippen molar-refractivity contribution in [2.75, 3.05) is 5.32 Å². The molecule has 0 fully saturated rings. The van der Waals surface area contributed by atoms with Crippen molar-refractivity contribution < 1.29 is 14.6 Å². The lowest BCUT2D eigenvalue weighted by atomic mass is 10.1. The van der Waals surface area contributed by atoms with Gasteiger partial charge in [0.1, 0.15) is 5.82 Å². The van der Waals surface area contributed by atoms with Crippen LogP contribution in [0.15, 0.2) is 71.5 Å². The van der Waals surface area contributed by atoms with Crippen LogP contribution in [0, 0.1) is 20.2 Å². The Labute approximate surface area is 178 Å². The molecule has 3 aromatic carbocycles. The number of hydrogen-bond acceptors (Lipinski definition) is 7. The van der Waals surface area contributed by atoms with Gasteiger partial charge in [0.15, 0.2) is 0 Å². The maximum Gasteiger partial charge on any atom is 0.277 e. The minimum absolute atomic E-state index is 0.203. The third kappa shape index (κ3) is 3.89. The van der Waals surface area contributed by atoms with Crippen LogP contribution < -0.4 is 10.9 Å². The fourth-order valence-electron chi connectivity index (χ4n) is 3.14. The van der Waals surface area contributed by atoms with Gasteiger partial charge in [0.2, 0.25) is 0 Å². The van der Waals surface area contributed by atoms with Gasteiger partial charge < -0.3 is 10.3 Å². The van der Waals surface area contributed by atoms with Crippen molar-refractivity contribution in [2.45, 2.75) is 0 Å². The number of nitrogens with zero attached hydrogens (tertiary/aromatic N) is 3. The number of nitro groups is 2. The topological polar surface area (TPSA) is 161 Å². The molecule has 32 heavy (non-hydrogen) atoms. The van der Waals surface area contributed by atoms with Crippen LogP contribution in [0.2, 0.25) is 0 Å². The van der Waals surface area contributed by atoms with E-state index in [0.29, 0.717) is 16.5 Å². The third-order valence-electron chi connectivity index (χ3n) is 4.63. The van der Waals surface area contributed by atoms with Gasteiger partial charge in [0.05, 0.1) is 38.1 Å². The molecular weight excluding hydrogens is 418 g/mol. The van der Waals surface area contributed by atoms with E-state index in [-0.39, 0.29) is 22.6 Å². The number of rotatable bonds is 5. The molecule has 2 N–H and O–H groups in total. The maximum atomic E-state index is 12.8. The molecule has 11 heteroatoms. The molecule has 0 aliphatic heterocycles. The number of carbonyl (C=O) groups excluding carboxylic acids is 1. The van der Waals surface area contributed by atoms with Crippen LogP contribution in [0.1, 0.15) is 10.4 Å². The first-order chi connectivity index (χ1) is 15.3. The molecule has 0 radical (unpaired) electrons. The standard InChI is InChI=1S/C21H13N5O6/c27-20(12-9-13(25(29)30)11-14(10-12)26(31)32)23-17-7-3-1-5-15(17)19-22-18-8-4-2-6-16(18)21(28)24-19/h1-11H,(H,23,27)(H,22,24,28). The molecule has 4 aromatic rings. The van der Waals surface area contributed by atoms with Crippen LogP contribution >= 0.6 is 0 Å². The van der Waals surface area contributed by atoms with Gasteiger partial charge in [-0.15, -0.1) is 0 Å². The zero-order chi connectivity index (χ0) is 22.8. The molecule has 0 unspecified atom stereocenters.